The van der Waals surface area contributed by atoms with Crippen LogP contribution in [0.2, 0.25) is 0 Å². The van der Waals surface area contributed by atoms with Crippen molar-refractivity contribution in [1.29, 1.82) is 0 Å². The van der Waals surface area contributed by atoms with Crippen LogP contribution in [0, 0.1) is 5.41 Å². The number of carbonyl (C=O) groups is 4. The second-order valence-corrected chi connectivity index (χ2v) is 13.3. The molecule has 2 N–H and O–H groups in total. The molecule has 2 aliphatic rings. The summed E-state index contributed by atoms with van der Waals surface area (Å²) in [6.45, 7) is 10.9. The minimum Gasteiger partial charge on any atom is -0.456 e. The van der Waals surface area contributed by atoms with Gasteiger partial charge in [0.1, 0.15) is 11.6 Å². The lowest BCUT2D eigenvalue weighted by Gasteiger charge is -2.39. The minimum absolute atomic E-state index is 0.104. The molecule has 9 nitrogen and oxygen atoms in total. The number of benzene rings is 2. The summed E-state index contributed by atoms with van der Waals surface area (Å²) in [6, 6.07) is 12.3. The minimum atomic E-state index is -1.04. The number of ether oxygens (including phenoxy) is 1. The van der Waals surface area contributed by atoms with Crippen molar-refractivity contribution in [2.45, 2.75) is 91.3 Å². The molecule has 0 unspecified atom stereocenters. The topological polar surface area (TPSA) is 113 Å². The third-order valence-electron chi connectivity index (χ3n) is 7.86. The molecule has 0 aromatic heterocycles. The third kappa shape index (κ3) is 6.94. The highest BCUT2D eigenvalue weighted by molar-refractivity contribution is 6.11. The number of urea groups is 1. The molecule has 1 fully saturated rings. The monoisotopic (exact) mass is 576 g/mol. The fraction of sp³-hybridized carbons (Fsp3) is 0.515. The van der Waals surface area contributed by atoms with Gasteiger partial charge in [-0.05, 0) is 63.9 Å². The molecule has 0 spiro atoms. The van der Waals surface area contributed by atoms with Gasteiger partial charge in [0, 0.05) is 23.7 Å². The van der Waals surface area contributed by atoms with Crippen molar-refractivity contribution >= 4 is 40.8 Å². The number of nitrogens with two attached hydrogens (primary N) is 1. The lowest BCUT2D eigenvalue weighted by molar-refractivity contribution is -0.127. The number of carbonyl (C=O) groups excluding carboxylic acids is 4. The Morgan fingerprint density at radius 2 is 1.57 bits per heavy atom. The number of hydrogen-bond acceptors (Lipinski definition) is 6. The average Bonchev–Trinajstić information content (AvgIpc) is 3.03. The maximum atomic E-state index is 14.5. The molecule has 3 amide bonds. The Hall–Kier alpha value is -3.88. The number of esters is 1. The second kappa shape index (κ2) is 12.2. The van der Waals surface area contributed by atoms with Crippen LogP contribution in [0.3, 0.4) is 0 Å². The summed E-state index contributed by atoms with van der Waals surface area (Å²) in [5.41, 5.74) is 6.66. The van der Waals surface area contributed by atoms with Gasteiger partial charge in [-0.25, -0.2) is 9.59 Å². The second-order valence-electron chi connectivity index (χ2n) is 13.3. The van der Waals surface area contributed by atoms with E-state index in [0.717, 1.165) is 37.8 Å². The van der Waals surface area contributed by atoms with Gasteiger partial charge in [-0.15, -0.1) is 0 Å². The van der Waals surface area contributed by atoms with Crippen molar-refractivity contribution in [2.75, 3.05) is 27.8 Å². The number of amides is 3. The van der Waals surface area contributed by atoms with E-state index < -0.39 is 35.0 Å². The van der Waals surface area contributed by atoms with Crippen molar-refractivity contribution < 1.29 is 23.9 Å². The summed E-state index contributed by atoms with van der Waals surface area (Å²) < 4.78 is 5.54. The number of primary amides is 1. The van der Waals surface area contributed by atoms with Crippen molar-refractivity contribution in [3.05, 3.63) is 54.1 Å². The molecule has 1 heterocycles. The van der Waals surface area contributed by atoms with E-state index in [1.165, 1.54) is 15.9 Å². The predicted molar refractivity (Wildman–Crippen MR) is 165 cm³/mol. The van der Waals surface area contributed by atoms with Crippen LogP contribution in [-0.2, 0) is 14.3 Å². The Kier molecular flexibility index (Phi) is 8.99. The van der Waals surface area contributed by atoms with Gasteiger partial charge in [-0.1, -0.05) is 58.2 Å². The quantitative estimate of drug-likeness (QED) is 0.442. The van der Waals surface area contributed by atoms with E-state index in [4.69, 9.17) is 10.5 Å². The SMILES string of the molecule is CC(C)(C)OC(=O)c1cccc(N(C(N)=O)[C@@H]2CN(C3CCCCC3)c3ccccc3N(CC(=O)C(C)(C)C)C2=O)c1. The maximum absolute atomic E-state index is 14.5. The molecule has 4 rings (SSSR count). The molecule has 1 aliphatic carbocycles. The van der Waals surface area contributed by atoms with Gasteiger partial charge in [-0.2, -0.15) is 0 Å². The van der Waals surface area contributed by atoms with Crippen molar-refractivity contribution in [2.24, 2.45) is 11.1 Å². The van der Waals surface area contributed by atoms with Crippen LogP contribution in [0.15, 0.2) is 48.5 Å². The number of ketones is 1. The van der Waals surface area contributed by atoms with Crippen LogP contribution in [0.5, 0.6) is 0 Å². The zero-order valence-electron chi connectivity index (χ0n) is 25.7. The number of hydrogen-bond donors (Lipinski definition) is 1. The summed E-state index contributed by atoms with van der Waals surface area (Å²) in [6.07, 6.45) is 5.23. The van der Waals surface area contributed by atoms with Crippen LogP contribution < -0.4 is 20.4 Å². The first kappa shape index (κ1) is 31.1. The Labute approximate surface area is 249 Å². The molecule has 226 valence electrons. The standard InChI is InChI=1S/C33H44N4O5/c1-32(2,3)28(38)21-36-26-18-11-10-17-25(26)35(23-14-8-7-9-15-23)20-27(29(36)39)37(31(34)41)24-16-12-13-22(19-24)30(40)42-33(4,5)6/h10-13,16-19,23,27H,7-9,14-15,20-21H2,1-6H3,(H2,34,41)/t27-/m1/s1. The molecule has 1 aliphatic heterocycles. The van der Waals surface area contributed by atoms with Gasteiger partial charge in [0.05, 0.1) is 23.5 Å². The van der Waals surface area contributed by atoms with Crippen LogP contribution >= 0.6 is 0 Å². The van der Waals surface area contributed by atoms with Gasteiger partial charge in [0.2, 0.25) is 0 Å². The molecule has 42 heavy (non-hydrogen) atoms. The molecular weight excluding hydrogens is 532 g/mol. The zero-order valence-corrected chi connectivity index (χ0v) is 25.7. The van der Waals surface area contributed by atoms with E-state index in [2.05, 4.69) is 4.90 Å². The number of para-hydroxylation sites is 2. The number of anilines is 3. The van der Waals surface area contributed by atoms with Gasteiger partial charge in [-0.3, -0.25) is 14.5 Å². The number of Topliss-reactive ketones (excluding diaryl/α,β-unsaturated/α-hetero) is 1. The van der Waals surface area contributed by atoms with Crippen molar-refractivity contribution in [3.8, 4) is 0 Å². The Morgan fingerprint density at radius 1 is 0.929 bits per heavy atom. The first-order valence-corrected chi connectivity index (χ1v) is 14.8. The van der Waals surface area contributed by atoms with E-state index in [1.807, 2.05) is 45.0 Å². The highest BCUT2D eigenvalue weighted by atomic mass is 16.6. The molecule has 0 bridgehead atoms. The summed E-state index contributed by atoms with van der Waals surface area (Å²) >= 11 is 0. The zero-order chi connectivity index (χ0) is 30.8. The van der Waals surface area contributed by atoms with E-state index in [-0.39, 0.29) is 30.5 Å². The third-order valence-corrected chi connectivity index (χ3v) is 7.86. The van der Waals surface area contributed by atoms with Gasteiger partial charge in [0.25, 0.3) is 5.91 Å². The van der Waals surface area contributed by atoms with Gasteiger partial charge >= 0.3 is 12.0 Å². The highest BCUT2D eigenvalue weighted by Crippen LogP contribution is 2.39. The van der Waals surface area contributed by atoms with Gasteiger partial charge < -0.3 is 20.3 Å². The molecule has 1 atom stereocenters. The molecule has 2 aromatic carbocycles. The Bertz CT molecular complexity index is 1340. The molecule has 0 radical (unpaired) electrons. The van der Waals surface area contributed by atoms with E-state index in [9.17, 15) is 19.2 Å². The summed E-state index contributed by atoms with van der Waals surface area (Å²) in [4.78, 5) is 58.9. The molecule has 9 heteroatoms. The molecule has 2 aromatic rings. The highest BCUT2D eigenvalue weighted by Gasteiger charge is 2.42. The fourth-order valence-corrected chi connectivity index (χ4v) is 5.65. The number of rotatable bonds is 6. The number of nitrogens with zero attached hydrogens (tertiary/aromatic N) is 3. The predicted octanol–water partition coefficient (Wildman–Crippen LogP) is 5.70. The lowest BCUT2D eigenvalue weighted by atomic mass is 9.90. The van der Waals surface area contributed by atoms with Crippen LogP contribution in [0.25, 0.3) is 0 Å². The molecule has 1 saturated carbocycles. The first-order chi connectivity index (χ1) is 19.7. The number of fused-ring (bicyclic) bond motifs is 1. The largest absolute Gasteiger partial charge is 0.456 e. The van der Waals surface area contributed by atoms with Crippen LogP contribution in [-0.4, -0.2) is 54.5 Å². The normalized spacial score (nSPS) is 18.2. The molecule has 0 saturated heterocycles. The summed E-state index contributed by atoms with van der Waals surface area (Å²) in [5.74, 6) is -1.05. The van der Waals surface area contributed by atoms with Gasteiger partial charge in [0.15, 0.2) is 5.78 Å². The lowest BCUT2D eigenvalue weighted by Crippen LogP contribution is -2.58. The molecular formula is C33H44N4O5. The van der Waals surface area contributed by atoms with E-state index in [0.29, 0.717) is 11.4 Å². The van der Waals surface area contributed by atoms with E-state index >= 15 is 0 Å². The van der Waals surface area contributed by atoms with E-state index in [1.54, 1.807) is 39.0 Å². The Morgan fingerprint density at radius 3 is 2.17 bits per heavy atom. The smallest absolute Gasteiger partial charge is 0.338 e. The van der Waals surface area contributed by atoms with Crippen molar-refractivity contribution in [1.82, 2.24) is 0 Å². The Balaban J connectivity index is 1.83. The van der Waals surface area contributed by atoms with Crippen LogP contribution in [0.4, 0.5) is 21.9 Å². The van der Waals surface area contributed by atoms with Crippen LogP contribution in [0.1, 0.15) is 84.0 Å². The average molecular weight is 577 g/mol. The van der Waals surface area contributed by atoms with Crippen molar-refractivity contribution in [3.63, 3.8) is 0 Å². The first-order valence-electron chi connectivity index (χ1n) is 14.8. The fourth-order valence-electron chi connectivity index (χ4n) is 5.65. The summed E-state index contributed by atoms with van der Waals surface area (Å²) in [7, 11) is 0. The summed E-state index contributed by atoms with van der Waals surface area (Å²) in [5, 5.41) is 0. The maximum Gasteiger partial charge on any atom is 0.338 e.